The van der Waals surface area contributed by atoms with Crippen molar-refractivity contribution in [3.05, 3.63) is 23.5 Å². The first kappa shape index (κ1) is 18.2. The van der Waals surface area contributed by atoms with Gasteiger partial charge in [0, 0.05) is 6.61 Å². The molecule has 0 saturated heterocycles. The minimum atomic E-state index is -1.84. The zero-order valence-electron chi connectivity index (χ0n) is 14.6. The Hall–Kier alpha value is -1.11. The van der Waals surface area contributed by atoms with E-state index in [2.05, 4.69) is 33.9 Å². The van der Waals surface area contributed by atoms with Gasteiger partial charge in [0.15, 0.2) is 25.6 Å². The van der Waals surface area contributed by atoms with Crippen molar-refractivity contribution in [2.24, 2.45) is 0 Å². The maximum Gasteiger partial charge on any atom is 0.197 e. The minimum absolute atomic E-state index is 0.126. The van der Waals surface area contributed by atoms with Crippen molar-refractivity contribution in [3.8, 4) is 11.5 Å². The van der Waals surface area contributed by atoms with E-state index in [1.807, 2.05) is 0 Å². The summed E-state index contributed by atoms with van der Waals surface area (Å²) >= 11 is 0. The van der Waals surface area contributed by atoms with Gasteiger partial charge < -0.3 is 19.0 Å². The van der Waals surface area contributed by atoms with Crippen LogP contribution in [0.25, 0.3) is 0 Å². The number of benzene rings is 1. The summed E-state index contributed by atoms with van der Waals surface area (Å²) in [5, 5.41) is 10.4. The number of ether oxygens (including phenoxy) is 2. The van der Waals surface area contributed by atoms with Crippen LogP contribution in [0.2, 0.25) is 18.1 Å². The van der Waals surface area contributed by atoms with Crippen molar-refractivity contribution in [2.45, 2.75) is 51.4 Å². The average Bonchev–Trinajstić information content (AvgIpc) is 2.45. The second kappa shape index (κ2) is 6.79. The Morgan fingerprint density at radius 3 is 2.57 bits per heavy atom. The molecule has 0 aromatic heterocycles. The predicted octanol–water partition coefficient (Wildman–Crippen LogP) is 4.04. The maximum atomic E-state index is 14.0. The molecule has 0 unspecified atom stereocenters. The first-order valence-corrected chi connectivity index (χ1v) is 10.9. The summed E-state index contributed by atoms with van der Waals surface area (Å²) in [5.74, 6) is -0.0121. The fraction of sp³-hybridized carbons (Fsp3) is 0.647. The number of aliphatic hydroxyl groups excluding tert-OH is 1. The molecule has 6 heteroatoms. The number of hydrogen-bond donors (Lipinski definition) is 1. The van der Waals surface area contributed by atoms with Gasteiger partial charge in [-0.3, -0.25) is 0 Å². The molecule has 1 N–H and O–H groups in total. The Balaban J connectivity index is 1.99. The Morgan fingerprint density at radius 1 is 1.26 bits per heavy atom. The lowest BCUT2D eigenvalue weighted by Gasteiger charge is -2.36. The first-order valence-electron chi connectivity index (χ1n) is 8.03. The fourth-order valence-corrected chi connectivity index (χ4v) is 3.19. The van der Waals surface area contributed by atoms with Crippen molar-refractivity contribution >= 4 is 8.32 Å². The zero-order valence-corrected chi connectivity index (χ0v) is 15.6. The summed E-state index contributed by atoms with van der Waals surface area (Å²) in [7, 11) is -1.84. The number of halogens is 1. The summed E-state index contributed by atoms with van der Waals surface area (Å²) in [6.07, 6.45) is -0.365. The molecule has 0 fully saturated rings. The van der Waals surface area contributed by atoms with Crippen molar-refractivity contribution in [1.29, 1.82) is 0 Å². The van der Waals surface area contributed by atoms with E-state index in [-0.39, 0.29) is 10.8 Å². The van der Waals surface area contributed by atoms with E-state index in [1.165, 1.54) is 6.07 Å². The van der Waals surface area contributed by atoms with E-state index >= 15 is 0 Å². The van der Waals surface area contributed by atoms with Gasteiger partial charge in [0.2, 0.25) is 0 Å². The quantitative estimate of drug-likeness (QED) is 0.820. The monoisotopic (exact) mass is 342 g/mol. The van der Waals surface area contributed by atoms with Gasteiger partial charge in [0.25, 0.3) is 0 Å². The summed E-state index contributed by atoms with van der Waals surface area (Å²) in [5.41, 5.74) is 0.491. The Bertz CT molecular complexity index is 554. The SMILES string of the molecule is CC(C)(C)[Si](C)(C)OCC[C@H](O)c1cc(F)c2c(c1)OCCO2. The van der Waals surface area contributed by atoms with E-state index in [4.69, 9.17) is 13.9 Å². The van der Waals surface area contributed by atoms with E-state index in [0.717, 1.165) is 0 Å². The van der Waals surface area contributed by atoms with E-state index in [0.29, 0.717) is 37.6 Å². The Morgan fingerprint density at radius 2 is 1.91 bits per heavy atom. The van der Waals surface area contributed by atoms with Crippen LogP contribution >= 0.6 is 0 Å². The molecular formula is C17H27FO4Si. The van der Waals surface area contributed by atoms with E-state index in [9.17, 15) is 9.50 Å². The average molecular weight is 342 g/mol. The van der Waals surface area contributed by atoms with Gasteiger partial charge in [-0.1, -0.05) is 20.8 Å². The van der Waals surface area contributed by atoms with Crippen molar-refractivity contribution in [2.75, 3.05) is 19.8 Å². The molecule has 4 nitrogen and oxygen atoms in total. The van der Waals surface area contributed by atoms with Crippen molar-refractivity contribution in [3.63, 3.8) is 0 Å². The molecular weight excluding hydrogens is 315 g/mol. The normalized spacial score (nSPS) is 16.3. The van der Waals surface area contributed by atoms with Crippen LogP contribution in [0.1, 0.15) is 38.9 Å². The lowest BCUT2D eigenvalue weighted by molar-refractivity contribution is 0.133. The highest BCUT2D eigenvalue weighted by Gasteiger charge is 2.37. The van der Waals surface area contributed by atoms with Crippen LogP contribution in [-0.2, 0) is 4.43 Å². The minimum Gasteiger partial charge on any atom is -0.486 e. The highest BCUT2D eigenvalue weighted by atomic mass is 28.4. The van der Waals surface area contributed by atoms with Crippen LogP contribution in [0.4, 0.5) is 4.39 Å². The molecule has 1 aliphatic heterocycles. The molecule has 0 aliphatic carbocycles. The number of hydrogen-bond acceptors (Lipinski definition) is 4. The molecule has 1 heterocycles. The van der Waals surface area contributed by atoms with Gasteiger partial charge in [-0.15, -0.1) is 0 Å². The summed E-state index contributed by atoms with van der Waals surface area (Å²) in [4.78, 5) is 0. The van der Waals surface area contributed by atoms with Gasteiger partial charge in [-0.05, 0) is 42.2 Å². The molecule has 0 saturated carbocycles. The van der Waals surface area contributed by atoms with Gasteiger partial charge in [-0.2, -0.15) is 0 Å². The van der Waals surface area contributed by atoms with Gasteiger partial charge in [-0.25, -0.2) is 4.39 Å². The van der Waals surface area contributed by atoms with Crippen LogP contribution in [0, 0.1) is 5.82 Å². The molecule has 0 spiro atoms. The lowest BCUT2D eigenvalue weighted by Crippen LogP contribution is -2.41. The second-order valence-electron chi connectivity index (χ2n) is 7.44. The second-order valence-corrected chi connectivity index (χ2v) is 12.2. The van der Waals surface area contributed by atoms with Crippen LogP contribution in [0.3, 0.4) is 0 Å². The topological polar surface area (TPSA) is 47.9 Å². The van der Waals surface area contributed by atoms with Gasteiger partial charge in [0.05, 0.1) is 6.10 Å². The molecule has 0 bridgehead atoms. The molecule has 1 aromatic rings. The fourth-order valence-electron chi connectivity index (χ4n) is 2.13. The van der Waals surface area contributed by atoms with Gasteiger partial charge >= 0.3 is 0 Å². The molecule has 1 aliphatic rings. The van der Waals surface area contributed by atoms with Crippen LogP contribution in [-0.4, -0.2) is 33.2 Å². The molecule has 130 valence electrons. The first-order chi connectivity index (χ1) is 10.6. The number of rotatable bonds is 5. The molecule has 1 atom stereocenters. The molecule has 0 amide bonds. The van der Waals surface area contributed by atoms with Crippen LogP contribution in [0.5, 0.6) is 11.5 Å². The van der Waals surface area contributed by atoms with Crippen LogP contribution in [0.15, 0.2) is 12.1 Å². The predicted molar refractivity (Wildman–Crippen MR) is 90.1 cm³/mol. The molecule has 0 radical (unpaired) electrons. The smallest absolute Gasteiger partial charge is 0.197 e. The lowest BCUT2D eigenvalue weighted by atomic mass is 10.1. The number of aliphatic hydroxyl groups is 1. The maximum absolute atomic E-state index is 14.0. The number of fused-ring (bicyclic) bond motifs is 1. The zero-order chi connectivity index (χ0) is 17.3. The third kappa shape index (κ3) is 4.25. The molecule has 1 aromatic carbocycles. The van der Waals surface area contributed by atoms with Crippen molar-refractivity contribution in [1.82, 2.24) is 0 Å². The Labute approximate surface area is 138 Å². The summed E-state index contributed by atoms with van der Waals surface area (Å²) < 4.78 is 30.7. The molecule has 23 heavy (non-hydrogen) atoms. The van der Waals surface area contributed by atoms with Gasteiger partial charge in [0.1, 0.15) is 13.2 Å². The standard InChI is InChI=1S/C17H27FO4Si/c1-17(2,3)23(4,5)22-7-6-14(19)12-10-13(18)16-15(11-12)20-8-9-21-16/h10-11,14,19H,6-9H2,1-5H3/t14-/m0/s1. The van der Waals surface area contributed by atoms with Crippen molar-refractivity contribution < 1.29 is 23.4 Å². The molecule has 2 rings (SSSR count). The van der Waals surface area contributed by atoms with E-state index < -0.39 is 20.2 Å². The third-order valence-corrected chi connectivity index (χ3v) is 9.20. The third-order valence-electron chi connectivity index (χ3n) is 4.66. The highest BCUT2D eigenvalue weighted by molar-refractivity contribution is 6.74. The van der Waals surface area contributed by atoms with E-state index in [1.54, 1.807) is 6.07 Å². The largest absolute Gasteiger partial charge is 0.486 e. The Kier molecular flexibility index (Phi) is 5.38. The summed E-state index contributed by atoms with van der Waals surface area (Å²) in [6.45, 7) is 12.0. The summed E-state index contributed by atoms with van der Waals surface area (Å²) in [6, 6.07) is 2.96. The van der Waals surface area contributed by atoms with Crippen LogP contribution < -0.4 is 9.47 Å². The highest BCUT2D eigenvalue weighted by Crippen LogP contribution is 2.38.